The van der Waals surface area contributed by atoms with E-state index in [1.807, 2.05) is 93.6 Å². The van der Waals surface area contributed by atoms with Crippen LogP contribution in [0.25, 0.3) is 10.9 Å². The van der Waals surface area contributed by atoms with Crippen molar-refractivity contribution >= 4 is 28.3 Å². The minimum atomic E-state index is -0.319. The molecule has 1 amide bonds. The van der Waals surface area contributed by atoms with E-state index in [4.69, 9.17) is 4.98 Å². The molecule has 170 valence electrons. The monoisotopic (exact) mass is 442 g/mol. The second-order valence-corrected chi connectivity index (χ2v) is 8.63. The lowest BCUT2D eigenvalue weighted by molar-refractivity contribution is 0.0935. The van der Waals surface area contributed by atoms with Gasteiger partial charge in [-0.15, -0.1) is 0 Å². The van der Waals surface area contributed by atoms with Crippen molar-refractivity contribution in [3.63, 3.8) is 0 Å². The smallest absolute Gasteiger partial charge is 0.251 e. The number of anilines is 2. The van der Waals surface area contributed by atoms with Crippen LogP contribution >= 0.6 is 0 Å². The fourth-order valence-corrected chi connectivity index (χ4v) is 3.90. The summed E-state index contributed by atoms with van der Waals surface area (Å²) in [5.74, 6) is 1.35. The van der Waals surface area contributed by atoms with E-state index in [0.29, 0.717) is 17.8 Å². The molecule has 0 unspecified atom stereocenters. The van der Waals surface area contributed by atoms with E-state index in [9.17, 15) is 4.79 Å². The summed E-state index contributed by atoms with van der Waals surface area (Å²) in [5, 5.41) is 4.38. The number of aryl methyl sites for hydroxylation is 1. The molecule has 4 aromatic rings. The highest BCUT2D eigenvalue weighted by Gasteiger charge is 2.21. The number of benzene rings is 2. The van der Waals surface area contributed by atoms with Crippen LogP contribution in [0.3, 0.4) is 0 Å². The first-order valence-electron chi connectivity index (χ1n) is 11.0. The first-order chi connectivity index (χ1) is 15.8. The number of H-pyrrole nitrogens is 1. The first kappa shape index (κ1) is 22.3. The Morgan fingerprint density at radius 2 is 1.79 bits per heavy atom. The van der Waals surface area contributed by atoms with Crippen LogP contribution in [0.1, 0.15) is 33.5 Å². The summed E-state index contributed by atoms with van der Waals surface area (Å²) in [4.78, 5) is 29.8. The number of hydrogen-bond acceptors (Lipinski definition) is 5. The molecule has 2 N–H and O–H groups in total. The number of amides is 1. The molecule has 33 heavy (non-hydrogen) atoms. The molecule has 2 aromatic heterocycles. The standard InChI is InChI=1S/C26H30N6O/c1-17-28-24(15-25(29-17)32(4)5)23(14-19-16-27-22-12-7-6-11-21(19)22)30-26(33)18-9-8-10-20(13-18)31(2)3/h6-13,15-16,23,27H,14H2,1-5H3,(H,30,33)/t23-/m0/s1. The summed E-state index contributed by atoms with van der Waals surface area (Å²) in [6.45, 7) is 1.88. The van der Waals surface area contributed by atoms with Gasteiger partial charge in [0.1, 0.15) is 11.6 Å². The third kappa shape index (κ3) is 4.98. The molecule has 4 rings (SSSR count). The predicted molar refractivity (Wildman–Crippen MR) is 134 cm³/mol. The average molecular weight is 443 g/mol. The quantitative estimate of drug-likeness (QED) is 0.450. The summed E-state index contributed by atoms with van der Waals surface area (Å²) in [5.41, 5.74) is 4.57. The number of nitrogens with zero attached hydrogens (tertiary/aromatic N) is 4. The molecule has 0 saturated carbocycles. The summed E-state index contributed by atoms with van der Waals surface area (Å²) in [7, 11) is 7.82. The summed E-state index contributed by atoms with van der Waals surface area (Å²) in [6, 6.07) is 17.4. The van der Waals surface area contributed by atoms with Crippen LogP contribution in [0.15, 0.2) is 60.8 Å². The number of aromatic nitrogens is 3. The molecule has 0 aliphatic carbocycles. The Balaban J connectivity index is 1.71. The predicted octanol–water partition coefficient (Wildman–Crippen LogP) is 4.11. The van der Waals surface area contributed by atoms with Crippen molar-refractivity contribution in [3.05, 3.63) is 83.4 Å². The Hall–Kier alpha value is -3.87. The van der Waals surface area contributed by atoms with Crippen LogP contribution in [0.4, 0.5) is 11.5 Å². The van der Waals surface area contributed by atoms with Crippen molar-refractivity contribution in [3.8, 4) is 0 Å². The van der Waals surface area contributed by atoms with Gasteiger partial charge in [0.2, 0.25) is 0 Å². The second-order valence-electron chi connectivity index (χ2n) is 8.63. The maximum atomic E-state index is 13.3. The largest absolute Gasteiger partial charge is 0.378 e. The van der Waals surface area contributed by atoms with Crippen molar-refractivity contribution < 1.29 is 4.79 Å². The molecule has 0 spiro atoms. The third-order valence-corrected chi connectivity index (χ3v) is 5.69. The molecule has 7 heteroatoms. The van der Waals surface area contributed by atoms with Gasteiger partial charge in [-0.3, -0.25) is 4.79 Å². The van der Waals surface area contributed by atoms with E-state index >= 15 is 0 Å². The maximum absolute atomic E-state index is 13.3. The number of aromatic amines is 1. The molecular weight excluding hydrogens is 412 g/mol. The van der Waals surface area contributed by atoms with Gasteiger partial charge in [0.05, 0.1) is 11.7 Å². The Morgan fingerprint density at radius 3 is 2.55 bits per heavy atom. The van der Waals surface area contributed by atoms with Crippen LogP contribution < -0.4 is 15.1 Å². The zero-order valence-corrected chi connectivity index (χ0v) is 19.8. The Labute approximate surface area is 194 Å². The number of carbonyl (C=O) groups excluding carboxylic acids is 1. The summed E-state index contributed by atoms with van der Waals surface area (Å²) < 4.78 is 0. The lowest BCUT2D eigenvalue weighted by atomic mass is 10.0. The molecule has 0 aliphatic heterocycles. The van der Waals surface area contributed by atoms with Crippen molar-refractivity contribution in [1.29, 1.82) is 0 Å². The summed E-state index contributed by atoms with van der Waals surface area (Å²) >= 11 is 0. The molecule has 0 radical (unpaired) electrons. The molecule has 0 saturated heterocycles. The molecule has 2 heterocycles. The number of hydrogen-bond donors (Lipinski definition) is 2. The van der Waals surface area contributed by atoms with E-state index in [1.54, 1.807) is 0 Å². The van der Waals surface area contributed by atoms with Gasteiger partial charge in [-0.1, -0.05) is 24.3 Å². The van der Waals surface area contributed by atoms with Gasteiger partial charge in [0.15, 0.2) is 0 Å². The van der Waals surface area contributed by atoms with Crippen LogP contribution in [0.2, 0.25) is 0 Å². The highest BCUT2D eigenvalue weighted by molar-refractivity contribution is 5.95. The van der Waals surface area contributed by atoms with Crippen LogP contribution in [0.5, 0.6) is 0 Å². The van der Waals surface area contributed by atoms with E-state index in [2.05, 4.69) is 27.4 Å². The SMILES string of the molecule is Cc1nc([C@H](Cc2c[nH]c3ccccc23)NC(=O)c2cccc(N(C)C)c2)cc(N(C)C)n1. The Morgan fingerprint density at radius 1 is 1.00 bits per heavy atom. The van der Waals surface area contributed by atoms with Crippen LogP contribution in [-0.4, -0.2) is 49.0 Å². The number of fused-ring (bicyclic) bond motifs is 1. The number of para-hydroxylation sites is 1. The Bertz CT molecular complexity index is 1280. The first-order valence-corrected chi connectivity index (χ1v) is 11.0. The fraction of sp³-hybridized carbons (Fsp3) is 0.269. The van der Waals surface area contributed by atoms with Crippen molar-refractivity contribution in [2.45, 2.75) is 19.4 Å². The van der Waals surface area contributed by atoms with Gasteiger partial charge in [-0.05, 0) is 36.8 Å². The number of nitrogens with one attached hydrogen (secondary N) is 2. The maximum Gasteiger partial charge on any atom is 0.251 e. The van der Waals surface area contributed by atoms with Gasteiger partial charge in [-0.25, -0.2) is 9.97 Å². The van der Waals surface area contributed by atoms with E-state index in [-0.39, 0.29) is 11.9 Å². The molecule has 0 fully saturated rings. The minimum Gasteiger partial charge on any atom is -0.378 e. The minimum absolute atomic E-state index is 0.133. The number of carbonyl (C=O) groups is 1. The normalized spacial score (nSPS) is 11.9. The van der Waals surface area contributed by atoms with E-state index in [0.717, 1.165) is 33.7 Å². The molecule has 7 nitrogen and oxygen atoms in total. The molecule has 2 aromatic carbocycles. The fourth-order valence-electron chi connectivity index (χ4n) is 3.90. The zero-order valence-electron chi connectivity index (χ0n) is 19.8. The number of rotatable bonds is 7. The molecule has 1 atom stereocenters. The van der Waals surface area contributed by atoms with Gasteiger partial charge in [-0.2, -0.15) is 0 Å². The topological polar surface area (TPSA) is 77.2 Å². The van der Waals surface area contributed by atoms with Gasteiger partial charge in [0, 0.05) is 69.0 Å². The lowest BCUT2D eigenvalue weighted by Crippen LogP contribution is -2.31. The third-order valence-electron chi connectivity index (χ3n) is 5.69. The van der Waals surface area contributed by atoms with Crippen molar-refractivity contribution in [2.24, 2.45) is 0 Å². The lowest BCUT2D eigenvalue weighted by Gasteiger charge is -2.21. The Kier molecular flexibility index (Phi) is 6.31. The van der Waals surface area contributed by atoms with Gasteiger partial charge >= 0.3 is 0 Å². The average Bonchev–Trinajstić information content (AvgIpc) is 3.21. The van der Waals surface area contributed by atoms with Crippen molar-refractivity contribution in [1.82, 2.24) is 20.3 Å². The van der Waals surface area contributed by atoms with Gasteiger partial charge in [0.25, 0.3) is 5.91 Å². The zero-order chi connectivity index (χ0) is 23.5. The van der Waals surface area contributed by atoms with E-state index in [1.165, 1.54) is 0 Å². The molecule has 0 aliphatic rings. The summed E-state index contributed by atoms with van der Waals surface area (Å²) in [6.07, 6.45) is 2.61. The van der Waals surface area contributed by atoms with Crippen LogP contribution in [0, 0.1) is 6.92 Å². The second kappa shape index (κ2) is 9.32. The molecule has 0 bridgehead atoms. The highest BCUT2D eigenvalue weighted by Crippen LogP contribution is 2.26. The van der Waals surface area contributed by atoms with Crippen molar-refractivity contribution in [2.75, 3.05) is 38.0 Å². The van der Waals surface area contributed by atoms with Gasteiger partial charge < -0.3 is 20.1 Å². The van der Waals surface area contributed by atoms with E-state index < -0.39 is 0 Å². The molecular formula is C26H30N6O. The highest BCUT2D eigenvalue weighted by atomic mass is 16.1. The van der Waals surface area contributed by atoms with Crippen LogP contribution in [-0.2, 0) is 6.42 Å².